The molecular formula is C38H28N4. The Bertz CT molecular complexity index is 1940. The number of fused-ring (bicyclic) bond motifs is 1. The van der Waals surface area contributed by atoms with Crippen molar-refractivity contribution in [2.24, 2.45) is 4.99 Å². The van der Waals surface area contributed by atoms with Gasteiger partial charge in [-0.2, -0.15) is 5.26 Å². The van der Waals surface area contributed by atoms with Gasteiger partial charge in [-0.3, -0.25) is 5.32 Å². The van der Waals surface area contributed by atoms with Crippen molar-refractivity contribution in [2.45, 2.75) is 12.3 Å². The molecule has 2 unspecified atom stereocenters. The first-order valence-corrected chi connectivity index (χ1v) is 14.1. The van der Waals surface area contributed by atoms with Gasteiger partial charge in [0.2, 0.25) is 0 Å². The van der Waals surface area contributed by atoms with Crippen LogP contribution in [0, 0.1) is 11.3 Å². The molecule has 6 aromatic carbocycles. The van der Waals surface area contributed by atoms with Crippen molar-refractivity contribution < 1.29 is 0 Å². The number of benzene rings is 6. The zero-order valence-electron chi connectivity index (χ0n) is 22.9. The van der Waals surface area contributed by atoms with E-state index in [0.29, 0.717) is 5.56 Å². The molecule has 2 N–H and O–H groups in total. The number of hydrogen-bond donors (Lipinski definition) is 2. The van der Waals surface area contributed by atoms with Crippen molar-refractivity contribution >= 4 is 16.6 Å². The van der Waals surface area contributed by atoms with Crippen LogP contribution in [0.4, 0.5) is 0 Å². The lowest BCUT2D eigenvalue weighted by atomic mass is 9.90. The highest BCUT2D eigenvalue weighted by Gasteiger charge is 2.28. The van der Waals surface area contributed by atoms with E-state index >= 15 is 0 Å². The molecule has 0 radical (unpaired) electrons. The number of nitriles is 1. The quantitative estimate of drug-likeness (QED) is 0.231. The number of aliphatic imine (C=N–C) groups is 1. The third-order valence-corrected chi connectivity index (χ3v) is 7.81. The maximum atomic E-state index is 9.24. The zero-order valence-corrected chi connectivity index (χ0v) is 22.9. The number of hydrogen-bond acceptors (Lipinski definition) is 4. The molecule has 2 atom stereocenters. The van der Waals surface area contributed by atoms with Crippen molar-refractivity contribution in [2.75, 3.05) is 0 Å². The van der Waals surface area contributed by atoms with Gasteiger partial charge < -0.3 is 5.32 Å². The first-order chi connectivity index (χ1) is 20.8. The summed E-state index contributed by atoms with van der Waals surface area (Å²) < 4.78 is 0. The Hall–Kier alpha value is -5.50. The lowest BCUT2D eigenvalue weighted by Gasteiger charge is -2.33. The van der Waals surface area contributed by atoms with Crippen LogP contribution in [0.1, 0.15) is 34.6 Å². The Kier molecular flexibility index (Phi) is 6.77. The number of amidine groups is 1. The van der Waals surface area contributed by atoms with Gasteiger partial charge >= 0.3 is 0 Å². The van der Waals surface area contributed by atoms with E-state index in [1.54, 1.807) is 0 Å². The van der Waals surface area contributed by atoms with Crippen molar-refractivity contribution in [3.63, 3.8) is 0 Å². The van der Waals surface area contributed by atoms with Gasteiger partial charge in [-0.05, 0) is 56.8 Å². The third-order valence-electron chi connectivity index (χ3n) is 7.81. The first kappa shape index (κ1) is 25.5. The predicted octanol–water partition coefficient (Wildman–Crippen LogP) is 8.38. The average molecular weight is 541 g/mol. The molecule has 0 amide bonds. The van der Waals surface area contributed by atoms with Crippen molar-refractivity contribution in [3.8, 4) is 28.3 Å². The van der Waals surface area contributed by atoms with Gasteiger partial charge in [0.05, 0.1) is 11.6 Å². The summed E-state index contributed by atoms with van der Waals surface area (Å²) in [6.45, 7) is 0. The van der Waals surface area contributed by atoms with Crippen LogP contribution in [0.25, 0.3) is 33.0 Å². The molecule has 6 aromatic rings. The molecule has 0 fully saturated rings. The summed E-state index contributed by atoms with van der Waals surface area (Å²) in [5, 5.41) is 19.1. The highest BCUT2D eigenvalue weighted by molar-refractivity contribution is 6.00. The van der Waals surface area contributed by atoms with Gasteiger partial charge in [0.1, 0.15) is 18.2 Å². The lowest BCUT2D eigenvalue weighted by Crippen LogP contribution is -2.45. The molecular weight excluding hydrogens is 512 g/mol. The zero-order chi connectivity index (χ0) is 28.3. The van der Waals surface area contributed by atoms with Gasteiger partial charge in [-0.1, -0.05) is 127 Å². The highest BCUT2D eigenvalue weighted by atomic mass is 15.3. The second kappa shape index (κ2) is 11.2. The van der Waals surface area contributed by atoms with Crippen LogP contribution in [0.15, 0.2) is 151 Å². The Morgan fingerprint density at radius 3 is 2.07 bits per heavy atom. The normalized spacial score (nSPS) is 16.3. The van der Waals surface area contributed by atoms with E-state index in [1.807, 2.05) is 48.5 Å². The predicted molar refractivity (Wildman–Crippen MR) is 171 cm³/mol. The summed E-state index contributed by atoms with van der Waals surface area (Å²) in [5.41, 5.74) is 8.42. The van der Waals surface area contributed by atoms with E-state index in [2.05, 4.69) is 114 Å². The fraction of sp³-hybridized carbons (Fsp3) is 0.0526. The topological polar surface area (TPSA) is 60.2 Å². The van der Waals surface area contributed by atoms with Gasteiger partial charge in [0, 0.05) is 11.1 Å². The van der Waals surface area contributed by atoms with Gasteiger partial charge in [-0.15, -0.1) is 0 Å². The van der Waals surface area contributed by atoms with Crippen LogP contribution >= 0.6 is 0 Å². The van der Waals surface area contributed by atoms with Gasteiger partial charge in [-0.25, -0.2) is 4.99 Å². The fourth-order valence-corrected chi connectivity index (χ4v) is 5.71. The molecule has 200 valence electrons. The lowest BCUT2D eigenvalue weighted by molar-refractivity contribution is 0.411. The monoisotopic (exact) mass is 540 g/mol. The van der Waals surface area contributed by atoms with E-state index in [1.165, 1.54) is 10.8 Å². The molecule has 1 aliphatic rings. The minimum absolute atomic E-state index is 0.124. The molecule has 4 heteroatoms. The van der Waals surface area contributed by atoms with Crippen molar-refractivity contribution in [1.82, 2.24) is 10.6 Å². The maximum Gasteiger partial charge on any atom is 0.131 e. The largest absolute Gasteiger partial charge is 0.350 e. The molecule has 0 saturated heterocycles. The summed E-state index contributed by atoms with van der Waals surface area (Å²) >= 11 is 0. The summed E-state index contributed by atoms with van der Waals surface area (Å²) in [6, 6.07) is 52.3. The second-order valence-electron chi connectivity index (χ2n) is 10.4. The number of nitrogens with one attached hydrogen (secondary N) is 2. The van der Waals surface area contributed by atoms with Crippen LogP contribution < -0.4 is 10.6 Å². The summed E-state index contributed by atoms with van der Waals surface area (Å²) in [5.74, 6) is 0.860. The molecule has 7 rings (SSSR count). The molecule has 4 nitrogen and oxygen atoms in total. The SMILES string of the molecule is N#Cc1ccc(-c2cccc(-c3ccc4ccccc4c3C3N=C(c4ccccc4)NC(c4ccccc4)N3)c2)cc1. The molecule has 1 heterocycles. The molecule has 0 bridgehead atoms. The van der Waals surface area contributed by atoms with Crippen LogP contribution in [0.5, 0.6) is 0 Å². The van der Waals surface area contributed by atoms with E-state index in [0.717, 1.165) is 44.8 Å². The molecule has 0 aromatic heterocycles. The van der Waals surface area contributed by atoms with Crippen LogP contribution in [-0.4, -0.2) is 5.84 Å². The Morgan fingerprint density at radius 2 is 1.29 bits per heavy atom. The summed E-state index contributed by atoms with van der Waals surface area (Å²) in [7, 11) is 0. The molecule has 0 spiro atoms. The first-order valence-electron chi connectivity index (χ1n) is 14.1. The fourth-order valence-electron chi connectivity index (χ4n) is 5.71. The van der Waals surface area contributed by atoms with E-state index in [9.17, 15) is 5.26 Å². The van der Waals surface area contributed by atoms with E-state index in [4.69, 9.17) is 4.99 Å². The molecule has 0 saturated carbocycles. The standard InChI is InChI=1S/C38H28N4/c39-25-26-18-20-27(21-19-26)31-15-9-16-32(24-31)34-23-22-28-10-7-8-17-33(28)35(34)38-41-36(29-11-3-1-4-12-29)40-37(42-38)30-13-5-2-6-14-30/h1-24,36,38,41H,(H,40,42). The van der Waals surface area contributed by atoms with Crippen molar-refractivity contribution in [3.05, 3.63) is 168 Å². The van der Waals surface area contributed by atoms with E-state index in [-0.39, 0.29) is 12.3 Å². The van der Waals surface area contributed by atoms with Gasteiger partial charge in [0.15, 0.2) is 0 Å². The summed E-state index contributed by atoms with van der Waals surface area (Å²) in [4.78, 5) is 5.30. The minimum atomic E-state index is -0.300. The smallest absolute Gasteiger partial charge is 0.131 e. The molecule has 42 heavy (non-hydrogen) atoms. The molecule has 1 aliphatic heterocycles. The summed E-state index contributed by atoms with van der Waals surface area (Å²) in [6.07, 6.45) is -0.424. The Labute approximate surface area is 245 Å². The van der Waals surface area contributed by atoms with Gasteiger partial charge in [0.25, 0.3) is 0 Å². The maximum absolute atomic E-state index is 9.24. The van der Waals surface area contributed by atoms with Crippen LogP contribution in [-0.2, 0) is 0 Å². The van der Waals surface area contributed by atoms with Crippen molar-refractivity contribution in [1.29, 1.82) is 5.26 Å². The second-order valence-corrected chi connectivity index (χ2v) is 10.4. The minimum Gasteiger partial charge on any atom is -0.350 e. The van der Waals surface area contributed by atoms with Crippen LogP contribution in [0.2, 0.25) is 0 Å². The highest BCUT2D eigenvalue weighted by Crippen LogP contribution is 2.38. The third kappa shape index (κ3) is 4.94. The number of rotatable bonds is 5. The van der Waals surface area contributed by atoms with Crippen LogP contribution in [0.3, 0.4) is 0 Å². The number of nitrogens with zero attached hydrogens (tertiary/aromatic N) is 2. The molecule has 0 aliphatic carbocycles. The Balaban J connectivity index is 1.40. The Morgan fingerprint density at radius 1 is 0.595 bits per heavy atom. The average Bonchev–Trinajstić information content (AvgIpc) is 3.08. The van der Waals surface area contributed by atoms with E-state index < -0.39 is 0 Å².